The van der Waals surface area contributed by atoms with Gasteiger partial charge in [-0.2, -0.15) is 16.4 Å². The molecular formula is C21H19F2N7OS. The van der Waals surface area contributed by atoms with Crippen molar-refractivity contribution in [3.8, 4) is 11.5 Å². The second-order valence-electron chi connectivity index (χ2n) is 7.70. The zero-order valence-electron chi connectivity index (χ0n) is 16.8. The Bertz CT molecular complexity index is 1260. The summed E-state index contributed by atoms with van der Waals surface area (Å²) in [6.07, 6.45) is 5.37. The highest BCUT2D eigenvalue weighted by Gasteiger charge is 2.25. The van der Waals surface area contributed by atoms with E-state index in [4.69, 9.17) is 0 Å². The fraction of sp³-hybridized carbons (Fsp3) is 0.286. The molecule has 0 aromatic carbocycles. The van der Waals surface area contributed by atoms with Gasteiger partial charge in [0, 0.05) is 23.0 Å². The number of amides is 1. The van der Waals surface area contributed by atoms with Gasteiger partial charge >= 0.3 is 0 Å². The summed E-state index contributed by atoms with van der Waals surface area (Å²) in [5.41, 5.74) is 1.33. The molecule has 4 heterocycles. The predicted octanol–water partition coefficient (Wildman–Crippen LogP) is 3.91. The quantitative estimate of drug-likeness (QED) is 0.421. The van der Waals surface area contributed by atoms with Crippen molar-refractivity contribution < 1.29 is 13.6 Å². The molecule has 2 atom stereocenters. The predicted molar refractivity (Wildman–Crippen MR) is 116 cm³/mol. The maximum Gasteiger partial charge on any atom is 0.252 e. The highest BCUT2D eigenvalue weighted by Crippen LogP contribution is 2.27. The van der Waals surface area contributed by atoms with Crippen molar-refractivity contribution in [3.63, 3.8) is 0 Å². The molecule has 1 saturated carbocycles. The van der Waals surface area contributed by atoms with Crippen molar-refractivity contribution in [1.82, 2.24) is 30.5 Å². The van der Waals surface area contributed by atoms with E-state index >= 15 is 0 Å². The molecule has 5 rings (SSSR count). The minimum absolute atomic E-state index is 0.0105. The lowest BCUT2D eigenvalue weighted by Crippen LogP contribution is -2.41. The Morgan fingerprint density at radius 2 is 2.06 bits per heavy atom. The monoisotopic (exact) mass is 455 g/mol. The molecule has 32 heavy (non-hydrogen) atoms. The van der Waals surface area contributed by atoms with Crippen molar-refractivity contribution in [2.45, 2.75) is 37.8 Å². The number of hydrogen-bond acceptors (Lipinski definition) is 7. The lowest BCUT2D eigenvalue weighted by molar-refractivity contribution is 0.0927. The molecule has 0 saturated heterocycles. The van der Waals surface area contributed by atoms with E-state index in [0.717, 1.165) is 31.7 Å². The first-order chi connectivity index (χ1) is 15.6. The first-order valence-electron chi connectivity index (χ1n) is 10.2. The van der Waals surface area contributed by atoms with Crippen LogP contribution in [0.25, 0.3) is 22.6 Å². The number of carbonyl (C=O) groups excluding carboxylic acids is 1. The number of thiophene rings is 1. The fourth-order valence-electron chi connectivity index (χ4n) is 3.94. The standard InChI is InChI=1S/C21H19F2N7OS/c22-12-6-15-17(29-30-18(15)24-8-12)20-25-9-16(23)19(28-20)26-13-2-1-3-14(7-13)27-21(31)11-4-5-32-10-11/h4-6,8-10,13-14H,1-3,7H2,(H,27,31)(H,24,29,30)(H,25,26,28)/t13-,14+/m0/s1. The van der Waals surface area contributed by atoms with Crippen LogP contribution < -0.4 is 10.6 Å². The number of rotatable bonds is 5. The van der Waals surface area contributed by atoms with Gasteiger partial charge in [-0.15, -0.1) is 0 Å². The van der Waals surface area contributed by atoms with Crippen LogP contribution in [0.2, 0.25) is 0 Å². The molecule has 1 amide bonds. The van der Waals surface area contributed by atoms with Crippen LogP contribution >= 0.6 is 11.3 Å². The second kappa shape index (κ2) is 8.58. The molecule has 0 spiro atoms. The summed E-state index contributed by atoms with van der Waals surface area (Å²) < 4.78 is 28.1. The summed E-state index contributed by atoms with van der Waals surface area (Å²) in [6.45, 7) is 0. The van der Waals surface area contributed by atoms with E-state index in [9.17, 15) is 13.6 Å². The van der Waals surface area contributed by atoms with Gasteiger partial charge in [0.1, 0.15) is 11.5 Å². The van der Waals surface area contributed by atoms with Crippen molar-refractivity contribution >= 4 is 34.1 Å². The number of pyridine rings is 1. The van der Waals surface area contributed by atoms with Crippen LogP contribution in [-0.4, -0.2) is 43.1 Å². The Kier molecular flexibility index (Phi) is 5.48. The van der Waals surface area contributed by atoms with Crippen molar-refractivity contribution in [2.75, 3.05) is 5.32 Å². The fourth-order valence-corrected chi connectivity index (χ4v) is 4.58. The Morgan fingerprint density at radius 3 is 2.91 bits per heavy atom. The van der Waals surface area contributed by atoms with Gasteiger partial charge in [-0.3, -0.25) is 9.89 Å². The molecule has 1 fully saturated rings. The first-order valence-corrected chi connectivity index (χ1v) is 11.1. The molecule has 0 unspecified atom stereocenters. The van der Waals surface area contributed by atoms with Crippen LogP contribution in [0.4, 0.5) is 14.6 Å². The topological polar surface area (TPSA) is 108 Å². The number of nitrogens with one attached hydrogen (secondary N) is 3. The van der Waals surface area contributed by atoms with Gasteiger partial charge in [-0.1, -0.05) is 0 Å². The van der Waals surface area contributed by atoms with Crippen LogP contribution in [0.15, 0.2) is 35.3 Å². The number of H-pyrrole nitrogens is 1. The third-order valence-electron chi connectivity index (χ3n) is 5.48. The van der Waals surface area contributed by atoms with Gasteiger partial charge in [-0.25, -0.2) is 23.7 Å². The summed E-state index contributed by atoms with van der Waals surface area (Å²) in [4.78, 5) is 24.6. The zero-order chi connectivity index (χ0) is 22.1. The van der Waals surface area contributed by atoms with E-state index in [1.54, 1.807) is 6.07 Å². The highest BCUT2D eigenvalue weighted by atomic mass is 32.1. The Morgan fingerprint density at radius 1 is 1.19 bits per heavy atom. The van der Waals surface area contributed by atoms with Gasteiger partial charge in [0.15, 0.2) is 23.1 Å². The molecule has 1 aliphatic carbocycles. The SMILES string of the molecule is O=C(N[C@@H]1CCC[C@H](Nc2nc(-c3[nH]nc4ncc(F)cc34)ncc2F)C1)c1ccsc1. The zero-order valence-corrected chi connectivity index (χ0v) is 17.6. The molecule has 1 aliphatic rings. The molecule has 0 radical (unpaired) electrons. The number of aromatic nitrogens is 5. The van der Waals surface area contributed by atoms with Gasteiger partial charge in [-0.05, 0) is 43.2 Å². The van der Waals surface area contributed by atoms with Gasteiger partial charge in [0.05, 0.1) is 17.8 Å². The van der Waals surface area contributed by atoms with Crippen LogP contribution in [0, 0.1) is 11.6 Å². The van der Waals surface area contributed by atoms with E-state index in [1.807, 2.05) is 10.8 Å². The Labute approximate surface area is 185 Å². The molecule has 164 valence electrons. The van der Waals surface area contributed by atoms with E-state index in [0.29, 0.717) is 28.7 Å². The van der Waals surface area contributed by atoms with Crippen LogP contribution in [0.3, 0.4) is 0 Å². The number of nitrogens with zero attached hydrogens (tertiary/aromatic N) is 4. The summed E-state index contributed by atoms with van der Waals surface area (Å²) in [5.74, 6) is -0.970. The van der Waals surface area contributed by atoms with Gasteiger partial charge in [0.2, 0.25) is 0 Å². The molecule has 4 aromatic heterocycles. The highest BCUT2D eigenvalue weighted by molar-refractivity contribution is 7.08. The average molecular weight is 455 g/mol. The number of fused-ring (bicyclic) bond motifs is 1. The van der Waals surface area contributed by atoms with E-state index in [2.05, 4.69) is 35.8 Å². The molecule has 11 heteroatoms. The van der Waals surface area contributed by atoms with Crippen molar-refractivity contribution in [3.05, 3.63) is 52.5 Å². The van der Waals surface area contributed by atoms with E-state index in [1.165, 1.54) is 17.4 Å². The third kappa shape index (κ3) is 4.15. The third-order valence-corrected chi connectivity index (χ3v) is 6.16. The number of carbonyl (C=O) groups is 1. The van der Waals surface area contributed by atoms with Crippen LogP contribution in [0.1, 0.15) is 36.0 Å². The molecule has 0 bridgehead atoms. The normalized spacial score (nSPS) is 18.6. The number of halogens is 2. The van der Waals surface area contributed by atoms with E-state index in [-0.39, 0.29) is 29.6 Å². The lowest BCUT2D eigenvalue weighted by atomic mass is 9.90. The van der Waals surface area contributed by atoms with Crippen molar-refractivity contribution in [1.29, 1.82) is 0 Å². The summed E-state index contributed by atoms with van der Waals surface area (Å²) in [6, 6.07) is 3.00. The van der Waals surface area contributed by atoms with Crippen LogP contribution in [-0.2, 0) is 0 Å². The number of hydrogen-bond donors (Lipinski definition) is 3. The van der Waals surface area contributed by atoms with Gasteiger partial charge in [0.25, 0.3) is 5.91 Å². The maximum atomic E-state index is 14.5. The molecule has 4 aromatic rings. The lowest BCUT2D eigenvalue weighted by Gasteiger charge is -2.30. The first kappa shape index (κ1) is 20.4. The Balaban J connectivity index is 1.33. The van der Waals surface area contributed by atoms with Crippen molar-refractivity contribution in [2.24, 2.45) is 0 Å². The van der Waals surface area contributed by atoms with E-state index < -0.39 is 11.6 Å². The largest absolute Gasteiger partial charge is 0.365 e. The van der Waals surface area contributed by atoms with Gasteiger partial charge < -0.3 is 10.6 Å². The minimum atomic E-state index is -0.591. The number of aromatic amines is 1. The summed E-state index contributed by atoms with van der Waals surface area (Å²) in [5, 5.41) is 17.1. The maximum absolute atomic E-state index is 14.5. The summed E-state index contributed by atoms with van der Waals surface area (Å²) in [7, 11) is 0. The average Bonchev–Trinajstić information content (AvgIpc) is 3.46. The summed E-state index contributed by atoms with van der Waals surface area (Å²) >= 11 is 1.47. The molecule has 3 N–H and O–H groups in total. The Hall–Kier alpha value is -3.47. The second-order valence-corrected chi connectivity index (χ2v) is 8.48. The molecular weight excluding hydrogens is 436 g/mol. The minimum Gasteiger partial charge on any atom is -0.365 e. The number of anilines is 1. The smallest absolute Gasteiger partial charge is 0.252 e. The van der Waals surface area contributed by atoms with Crippen LogP contribution in [0.5, 0.6) is 0 Å². The molecule has 8 nitrogen and oxygen atoms in total. The molecule has 0 aliphatic heterocycles.